The van der Waals surface area contributed by atoms with E-state index in [0.29, 0.717) is 16.1 Å². The number of nitrogens with two attached hydrogens (primary N) is 1. The lowest BCUT2D eigenvalue weighted by Crippen LogP contribution is -2.50. The summed E-state index contributed by atoms with van der Waals surface area (Å²) < 4.78 is 77.6. The Balaban J connectivity index is 1.64. The highest BCUT2D eigenvalue weighted by atomic mass is 32.5. The molecule has 0 saturated carbocycles. The monoisotopic (exact) mass is 603 g/mol. The number of hydrogen-bond acceptors (Lipinski definition) is 11. The van der Waals surface area contributed by atoms with Crippen LogP contribution < -0.4 is 29.9 Å². The van der Waals surface area contributed by atoms with Crippen LogP contribution in [0.1, 0.15) is 6.23 Å². The maximum atomic E-state index is 15.4. The average molecular weight is 604 g/mol. The number of aromatic nitrogens is 2. The number of rotatable bonds is 11. The van der Waals surface area contributed by atoms with Gasteiger partial charge in [0.25, 0.3) is 6.43 Å². The Bertz CT molecular complexity index is 1360. The van der Waals surface area contributed by atoms with Crippen molar-refractivity contribution in [3.63, 3.8) is 0 Å². The van der Waals surface area contributed by atoms with E-state index in [9.17, 15) is 18.7 Å². The highest BCUT2D eigenvalue weighted by Gasteiger charge is 2.62. The molecule has 11 nitrogen and oxygen atoms in total. The summed E-state index contributed by atoms with van der Waals surface area (Å²) in [6, 6.07) is 13.3. The molecule has 0 amide bonds. The molecule has 1 saturated heterocycles. The van der Waals surface area contributed by atoms with Gasteiger partial charge in [-0.3, -0.25) is 9.09 Å². The van der Waals surface area contributed by atoms with Gasteiger partial charge in [0.15, 0.2) is 18.0 Å². The van der Waals surface area contributed by atoms with Gasteiger partial charge in [-0.25, -0.2) is 18.0 Å². The van der Waals surface area contributed by atoms with Crippen molar-refractivity contribution in [3.8, 4) is 23.0 Å². The smallest absolute Gasteiger partial charge is 0.435 e. The third-order valence-corrected chi connectivity index (χ3v) is 7.97. The van der Waals surface area contributed by atoms with Crippen molar-refractivity contribution < 1.29 is 46.1 Å². The van der Waals surface area contributed by atoms with E-state index in [4.69, 9.17) is 45.3 Å². The second kappa shape index (κ2) is 12.0. The first-order valence-electron chi connectivity index (χ1n) is 11.5. The Kier molecular flexibility index (Phi) is 8.90. The van der Waals surface area contributed by atoms with Gasteiger partial charge in [-0.1, -0.05) is 0 Å². The van der Waals surface area contributed by atoms with Gasteiger partial charge in [0.2, 0.25) is 0 Å². The molecule has 1 aliphatic rings. The van der Waals surface area contributed by atoms with E-state index in [0.717, 1.165) is 12.3 Å². The van der Waals surface area contributed by atoms with Gasteiger partial charge >= 0.3 is 12.4 Å². The van der Waals surface area contributed by atoms with Crippen LogP contribution in [0.3, 0.4) is 0 Å². The van der Waals surface area contributed by atoms with Crippen LogP contribution in [0, 0.1) is 0 Å². The standard InChI is InChI=1S/C24H25F3N3O8PS/c1-33-14-3-7-16(8-4-14)37-39(40,38-17-9-5-15(34-2)6-10-17)35-13-24(22(26)27)20(25)19(31)21(36-24)30-12-11-18(28)29-23(30)32/h3-12,19-22,31H,13H2,1-2H3,(H2,28,29,32)/t19-,20-,21-,24-/m1/s1. The Morgan fingerprint density at radius 3 is 2.00 bits per heavy atom. The van der Waals surface area contributed by atoms with E-state index in [1.54, 1.807) is 24.3 Å². The second-order valence-electron chi connectivity index (χ2n) is 8.45. The maximum Gasteiger partial charge on any atom is 0.435 e. The van der Waals surface area contributed by atoms with Crippen molar-refractivity contribution in [3.05, 3.63) is 71.3 Å². The number of benzene rings is 2. The summed E-state index contributed by atoms with van der Waals surface area (Å²) in [6.07, 6.45) is -9.27. The molecule has 1 fully saturated rings. The van der Waals surface area contributed by atoms with Crippen LogP contribution in [0.25, 0.3) is 0 Å². The molecule has 1 aliphatic heterocycles. The van der Waals surface area contributed by atoms with Crippen molar-refractivity contribution in [1.82, 2.24) is 9.55 Å². The zero-order valence-corrected chi connectivity index (χ0v) is 22.8. The lowest BCUT2D eigenvalue weighted by molar-refractivity contribution is -0.183. The molecular weight excluding hydrogens is 578 g/mol. The number of aliphatic hydroxyl groups excluding tert-OH is 1. The Hall–Kier alpha value is -3.36. The predicted molar refractivity (Wildman–Crippen MR) is 140 cm³/mol. The first-order valence-corrected chi connectivity index (χ1v) is 14.1. The minimum Gasteiger partial charge on any atom is -0.497 e. The Labute approximate surface area is 231 Å². The van der Waals surface area contributed by atoms with E-state index in [1.165, 1.54) is 38.5 Å². The molecule has 3 N–H and O–H groups in total. The molecule has 0 bridgehead atoms. The molecule has 16 heteroatoms. The lowest BCUT2D eigenvalue weighted by Gasteiger charge is -2.32. The van der Waals surface area contributed by atoms with Crippen molar-refractivity contribution in [2.75, 3.05) is 26.6 Å². The van der Waals surface area contributed by atoms with Crippen LogP contribution in [-0.4, -0.2) is 59.8 Å². The normalized spacial score (nSPS) is 22.7. The molecular formula is C24H25F3N3O8PS. The molecule has 1 aromatic heterocycles. The lowest BCUT2D eigenvalue weighted by atomic mass is 9.98. The number of anilines is 1. The molecule has 40 heavy (non-hydrogen) atoms. The van der Waals surface area contributed by atoms with E-state index < -0.39 is 49.5 Å². The summed E-state index contributed by atoms with van der Waals surface area (Å²) >= 11 is 5.50. The fourth-order valence-electron chi connectivity index (χ4n) is 3.77. The maximum absolute atomic E-state index is 15.4. The number of ether oxygens (including phenoxy) is 3. The van der Waals surface area contributed by atoms with Gasteiger partial charge in [0.05, 0.1) is 20.8 Å². The fraction of sp³-hybridized carbons (Fsp3) is 0.333. The summed E-state index contributed by atoms with van der Waals surface area (Å²) in [5.41, 5.74) is 1.36. The van der Waals surface area contributed by atoms with Crippen LogP contribution >= 0.6 is 6.72 Å². The zero-order chi connectivity index (χ0) is 29.1. The summed E-state index contributed by atoms with van der Waals surface area (Å²) in [5.74, 6) is 1.12. The van der Waals surface area contributed by atoms with Crippen LogP contribution in [0.5, 0.6) is 23.0 Å². The largest absolute Gasteiger partial charge is 0.497 e. The first kappa shape index (κ1) is 29.6. The van der Waals surface area contributed by atoms with Gasteiger partial charge in [0, 0.05) is 18.0 Å². The minimum atomic E-state index is -4.01. The summed E-state index contributed by atoms with van der Waals surface area (Å²) in [5, 5.41) is 10.5. The number of nitrogens with zero attached hydrogens (tertiary/aromatic N) is 2. The molecule has 0 aliphatic carbocycles. The number of nitrogen functional groups attached to an aromatic ring is 1. The van der Waals surface area contributed by atoms with E-state index in [1.807, 2.05) is 0 Å². The van der Waals surface area contributed by atoms with Crippen molar-refractivity contribution in [1.29, 1.82) is 0 Å². The van der Waals surface area contributed by atoms with Gasteiger partial charge in [-0.15, -0.1) is 0 Å². The molecule has 0 radical (unpaired) electrons. The number of alkyl halides is 3. The van der Waals surface area contributed by atoms with Crippen molar-refractivity contribution in [2.24, 2.45) is 0 Å². The average Bonchev–Trinajstić information content (AvgIpc) is 3.19. The van der Waals surface area contributed by atoms with Crippen LogP contribution in [-0.2, 0) is 21.1 Å². The number of aliphatic hydroxyl groups is 1. The Morgan fingerprint density at radius 2 is 1.55 bits per heavy atom. The third kappa shape index (κ3) is 6.18. The summed E-state index contributed by atoms with van der Waals surface area (Å²) in [6.45, 7) is -5.21. The van der Waals surface area contributed by atoms with E-state index >= 15 is 4.39 Å². The molecule has 4 atom stereocenters. The number of hydrogen-bond donors (Lipinski definition) is 2. The molecule has 216 valence electrons. The first-order chi connectivity index (χ1) is 19.0. The van der Waals surface area contributed by atoms with Crippen LogP contribution in [0.15, 0.2) is 65.6 Å². The van der Waals surface area contributed by atoms with Gasteiger partial charge < -0.3 is 34.1 Å². The summed E-state index contributed by atoms with van der Waals surface area (Å²) in [4.78, 5) is 15.7. The Morgan fingerprint density at radius 1 is 1.05 bits per heavy atom. The molecule has 2 heterocycles. The third-order valence-electron chi connectivity index (χ3n) is 5.90. The van der Waals surface area contributed by atoms with Crippen molar-refractivity contribution in [2.45, 2.75) is 30.5 Å². The van der Waals surface area contributed by atoms with Gasteiger partial charge in [-0.05, 0) is 54.6 Å². The second-order valence-corrected chi connectivity index (χ2v) is 11.3. The quantitative estimate of drug-likeness (QED) is 0.312. The highest BCUT2D eigenvalue weighted by molar-refractivity contribution is 8.07. The summed E-state index contributed by atoms with van der Waals surface area (Å²) in [7, 11) is 2.93. The molecule has 4 rings (SSSR count). The molecule has 0 spiro atoms. The number of methoxy groups -OCH3 is 2. The van der Waals surface area contributed by atoms with Crippen LogP contribution in [0.4, 0.5) is 19.0 Å². The van der Waals surface area contributed by atoms with Crippen LogP contribution in [0.2, 0.25) is 0 Å². The van der Waals surface area contributed by atoms with E-state index in [-0.39, 0.29) is 17.3 Å². The van der Waals surface area contributed by atoms with E-state index in [2.05, 4.69) is 4.98 Å². The number of halogens is 3. The van der Waals surface area contributed by atoms with Crippen molar-refractivity contribution >= 4 is 24.3 Å². The molecule has 2 aromatic carbocycles. The van der Waals surface area contributed by atoms with Gasteiger partial charge in [0.1, 0.15) is 34.9 Å². The zero-order valence-electron chi connectivity index (χ0n) is 21.1. The topological polar surface area (TPSA) is 137 Å². The fourth-order valence-corrected chi connectivity index (χ4v) is 5.70. The SMILES string of the molecule is COc1ccc(OP(=S)(OC[C@@]2(C(F)F)O[C@@H](n3ccc(N)nc3=O)[C@H](O)[C@H]2F)Oc2ccc(OC)cc2)cc1. The minimum absolute atomic E-state index is 0.144. The van der Waals surface area contributed by atoms with Gasteiger partial charge in [-0.2, -0.15) is 4.98 Å². The molecule has 3 aromatic rings. The molecule has 0 unspecified atom stereocenters. The predicted octanol–water partition coefficient (Wildman–Crippen LogP) is 3.47. The highest BCUT2D eigenvalue weighted by Crippen LogP contribution is 2.53.